The van der Waals surface area contributed by atoms with Crippen LogP contribution in [0.4, 0.5) is 0 Å². The van der Waals surface area contributed by atoms with Crippen LogP contribution in [-0.2, 0) is 0 Å². The third kappa shape index (κ3) is 2.27. The zero-order valence-electron chi connectivity index (χ0n) is 10.3. The predicted octanol–water partition coefficient (Wildman–Crippen LogP) is 4.26. The fraction of sp³-hybridized carbons (Fsp3) is 0.0625. The lowest BCUT2D eigenvalue weighted by atomic mass is 10.1. The van der Waals surface area contributed by atoms with Gasteiger partial charge in [-0.25, -0.2) is 0 Å². The van der Waals surface area contributed by atoms with Gasteiger partial charge >= 0.3 is 0 Å². The Labute approximate surface area is 116 Å². The van der Waals surface area contributed by atoms with Crippen LogP contribution in [0, 0.1) is 6.92 Å². The summed E-state index contributed by atoms with van der Waals surface area (Å²) < 4.78 is 5.59. The first-order valence-corrected chi connectivity index (χ1v) is 6.32. The fourth-order valence-electron chi connectivity index (χ4n) is 2.01. The molecule has 0 unspecified atom stereocenters. The molecule has 2 nitrogen and oxygen atoms in total. The van der Waals surface area contributed by atoms with Crippen molar-refractivity contribution in [1.82, 2.24) is 0 Å². The zero-order valence-corrected chi connectivity index (χ0v) is 11.1. The number of carbonyl (C=O) groups is 1. The van der Waals surface area contributed by atoms with E-state index in [0.717, 1.165) is 11.1 Å². The van der Waals surface area contributed by atoms with E-state index in [1.807, 2.05) is 37.3 Å². The second-order valence-electron chi connectivity index (χ2n) is 4.49. The molecule has 94 valence electrons. The van der Waals surface area contributed by atoms with Gasteiger partial charge in [0.1, 0.15) is 5.75 Å². The Hall–Kier alpha value is -2.06. The summed E-state index contributed by atoms with van der Waals surface area (Å²) in [5.74, 6) is 0.896. The van der Waals surface area contributed by atoms with Crippen LogP contribution in [0.15, 0.2) is 48.2 Å². The summed E-state index contributed by atoms with van der Waals surface area (Å²) in [6, 6.07) is 12.9. The van der Waals surface area contributed by atoms with Gasteiger partial charge in [-0.05, 0) is 42.8 Å². The van der Waals surface area contributed by atoms with Gasteiger partial charge in [0.2, 0.25) is 5.78 Å². The van der Waals surface area contributed by atoms with E-state index in [-0.39, 0.29) is 5.78 Å². The first-order valence-electron chi connectivity index (χ1n) is 5.94. The number of carbonyl (C=O) groups excluding carboxylic acids is 1. The van der Waals surface area contributed by atoms with Crippen molar-refractivity contribution in [2.75, 3.05) is 0 Å². The Morgan fingerprint density at radius 2 is 1.84 bits per heavy atom. The van der Waals surface area contributed by atoms with Gasteiger partial charge in [-0.1, -0.05) is 35.4 Å². The molecule has 0 aliphatic carbocycles. The third-order valence-corrected chi connectivity index (χ3v) is 3.24. The summed E-state index contributed by atoms with van der Waals surface area (Å²) in [7, 11) is 0. The lowest BCUT2D eigenvalue weighted by Gasteiger charge is -1.98. The van der Waals surface area contributed by atoms with E-state index in [2.05, 4.69) is 0 Å². The number of benzene rings is 2. The summed E-state index contributed by atoms with van der Waals surface area (Å²) >= 11 is 5.83. The van der Waals surface area contributed by atoms with Crippen molar-refractivity contribution < 1.29 is 9.53 Å². The SMILES string of the molecule is Cc1ccc2c(c1)C(=O)C(=Cc1ccc(Cl)cc1)O2. The molecule has 0 spiro atoms. The molecule has 2 aromatic rings. The highest BCUT2D eigenvalue weighted by Gasteiger charge is 2.26. The second-order valence-corrected chi connectivity index (χ2v) is 4.93. The standard InChI is InChI=1S/C16H11ClO2/c1-10-2-7-14-13(8-10)16(18)15(19-14)9-11-3-5-12(17)6-4-11/h2-9H,1H3. The first kappa shape index (κ1) is 12.0. The smallest absolute Gasteiger partial charge is 0.231 e. The van der Waals surface area contributed by atoms with E-state index in [1.165, 1.54) is 0 Å². The topological polar surface area (TPSA) is 26.3 Å². The van der Waals surface area contributed by atoms with Gasteiger partial charge in [0.25, 0.3) is 0 Å². The molecule has 1 aliphatic heterocycles. The molecule has 2 aromatic carbocycles. The maximum atomic E-state index is 12.2. The Kier molecular flexibility index (Phi) is 2.88. The first-order chi connectivity index (χ1) is 9.13. The van der Waals surface area contributed by atoms with Gasteiger partial charge in [-0.2, -0.15) is 0 Å². The fourth-order valence-corrected chi connectivity index (χ4v) is 2.14. The van der Waals surface area contributed by atoms with E-state index in [1.54, 1.807) is 18.2 Å². The molecule has 3 rings (SSSR count). The molecule has 0 saturated heterocycles. The number of halogens is 1. The molecule has 0 amide bonds. The zero-order chi connectivity index (χ0) is 13.4. The molecule has 0 aromatic heterocycles. The average Bonchev–Trinajstić information content (AvgIpc) is 2.70. The summed E-state index contributed by atoms with van der Waals surface area (Å²) in [6.45, 7) is 1.95. The van der Waals surface area contributed by atoms with Crippen molar-refractivity contribution in [3.63, 3.8) is 0 Å². The number of fused-ring (bicyclic) bond motifs is 1. The molecule has 0 bridgehead atoms. The number of hydrogen-bond acceptors (Lipinski definition) is 2. The Morgan fingerprint density at radius 3 is 2.58 bits per heavy atom. The Balaban J connectivity index is 1.97. The minimum atomic E-state index is -0.0753. The van der Waals surface area contributed by atoms with Gasteiger partial charge in [0, 0.05) is 5.02 Å². The van der Waals surface area contributed by atoms with Crippen molar-refractivity contribution in [2.45, 2.75) is 6.92 Å². The van der Waals surface area contributed by atoms with Gasteiger partial charge < -0.3 is 4.74 Å². The van der Waals surface area contributed by atoms with E-state index in [4.69, 9.17) is 16.3 Å². The van der Waals surface area contributed by atoms with Crippen LogP contribution >= 0.6 is 11.6 Å². The average molecular weight is 271 g/mol. The number of hydrogen-bond donors (Lipinski definition) is 0. The van der Waals surface area contributed by atoms with Crippen molar-refractivity contribution >= 4 is 23.5 Å². The number of aryl methyl sites for hydroxylation is 1. The lowest BCUT2D eigenvalue weighted by molar-refractivity contribution is 0.101. The van der Waals surface area contributed by atoms with Crippen LogP contribution in [0.5, 0.6) is 5.75 Å². The van der Waals surface area contributed by atoms with Crippen LogP contribution < -0.4 is 4.74 Å². The van der Waals surface area contributed by atoms with Crippen molar-refractivity contribution in [1.29, 1.82) is 0 Å². The maximum Gasteiger partial charge on any atom is 0.231 e. The highest BCUT2D eigenvalue weighted by Crippen LogP contribution is 2.32. The molecule has 19 heavy (non-hydrogen) atoms. The number of ether oxygens (including phenoxy) is 1. The minimum absolute atomic E-state index is 0.0753. The van der Waals surface area contributed by atoms with E-state index in [0.29, 0.717) is 22.1 Å². The van der Waals surface area contributed by atoms with Crippen LogP contribution in [0.3, 0.4) is 0 Å². The lowest BCUT2D eigenvalue weighted by Crippen LogP contribution is -1.98. The van der Waals surface area contributed by atoms with Crippen molar-refractivity contribution in [3.8, 4) is 5.75 Å². The molecule has 1 heterocycles. The molecule has 3 heteroatoms. The van der Waals surface area contributed by atoms with Crippen LogP contribution in [0.2, 0.25) is 5.02 Å². The van der Waals surface area contributed by atoms with Crippen molar-refractivity contribution in [3.05, 3.63) is 69.9 Å². The monoisotopic (exact) mass is 270 g/mol. The Bertz CT molecular complexity index is 684. The second kappa shape index (κ2) is 4.56. The van der Waals surface area contributed by atoms with Crippen LogP contribution in [0.1, 0.15) is 21.5 Å². The summed E-state index contributed by atoms with van der Waals surface area (Å²) in [4.78, 5) is 12.2. The third-order valence-electron chi connectivity index (χ3n) is 2.99. The number of Topliss-reactive ketones (excluding diaryl/α,β-unsaturated/α-hetero) is 1. The van der Waals surface area contributed by atoms with E-state index in [9.17, 15) is 4.79 Å². The number of rotatable bonds is 1. The highest BCUT2D eigenvalue weighted by molar-refractivity contribution is 6.30. The number of allylic oxidation sites excluding steroid dienone is 1. The molecular weight excluding hydrogens is 260 g/mol. The van der Waals surface area contributed by atoms with E-state index >= 15 is 0 Å². The maximum absolute atomic E-state index is 12.2. The summed E-state index contributed by atoms with van der Waals surface area (Å²) in [5, 5.41) is 0.666. The van der Waals surface area contributed by atoms with Gasteiger partial charge in [0.05, 0.1) is 5.56 Å². The molecule has 0 radical (unpaired) electrons. The van der Waals surface area contributed by atoms with Gasteiger partial charge in [0.15, 0.2) is 5.76 Å². The molecular formula is C16H11ClO2. The molecule has 0 atom stereocenters. The Morgan fingerprint density at radius 1 is 1.11 bits per heavy atom. The highest BCUT2D eigenvalue weighted by atomic mass is 35.5. The molecule has 1 aliphatic rings. The number of ketones is 1. The minimum Gasteiger partial charge on any atom is -0.452 e. The summed E-state index contributed by atoms with van der Waals surface area (Å²) in [5.41, 5.74) is 2.56. The van der Waals surface area contributed by atoms with Crippen LogP contribution in [0.25, 0.3) is 6.08 Å². The molecule has 0 N–H and O–H groups in total. The normalized spacial score (nSPS) is 15.5. The van der Waals surface area contributed by atoms with E-state index < -0.39 is 0 Å². The van der Waals surface area contributed by atoms with Crippen molar-refractivity contribution in [2.24, 2.45) is 0 Å². The molecule has 0 saturated carbocycles. The van der Waals surface area contributed by atoms with Gasteiger partial charge in [-0.15, -0.1) is 0 Å². The van der Waals surface area contributed by atoms with Crippen LogP contribution in [-0.4, -0.2) is 5.78 Å². The quantitative estimate of drug-likeness (QED) is 0.724. The largest absolute Gasteiger partial charge is 0.452 e. The van der Waals surface area contributed by atoms with Gasteiger partial charge in [-0.3, -0.25) is 4.79 Å². The predicted molar refractivity (Wildman–Crippen MR) is 75.6 cm³/mol. The molecule has 0 fully saturated rings. The summed E-state index contributed by atoms with van der Waals surface area (Å²) in [6.07, 6.45) is 1.73.